The molecule has 0 fully saturated rings. The first-order valence-corrected chi connectivity index (χ1v) is 8.29. The minimum absolute atomic E-state index is 0.118. The quantitative estimate of drug-likeness (QED) is 0.825. The highest BCUT2D eigenvalue weighted by Gasteiger charge is 2.10. The lowest BCUT2D eigenvalue weighted by atomic mass is 10.1. The van der Waals surface area contributed by atoms with Crippen molar-refractivity contribution in [1.29, 1.82) is 0 Å². The summed E-state index contributed by atoms with van der Waals surface area (Å²) in [4.78, 5) is 6.74. The van der Waals surface area contributed by atoms with Crippen molar-refractivity contribution in [3.05, 3.63) is 46.2 Å². The summed E-state index contributed by atoms with van der Waals surface area (Å²) < 4.78 is 12.8. The van der Waals surface area contributed by atoms with Gasteiger partial charge < -0.3 is 5.32 Å². The van der Waals surface area contributed by atoms with E-state index in [9.17, 15) is 4.39 Å². The number of hydrogen-bond donors (Lipinski definition) is 1. The highest BCUT2D eigenvalue weighted by Crippen LogP contribution is 2.25. The molecule has 2 rings (SSSR count). The van der Waals surface area contributed by atoms with E-state index in [1.807, 2.05) is 6.20 Å². The zero-order valence-corrected chi connectivity index (χ0v) is 13.6. The van der Waals surface area contributed by atoms with Crippen molar-refractivity contribution < 1.29 is 4.39 Å². The first-order chi connectivity index (χ1) is 9.42. The van der Waals surface area contributed by atoms with Gasteiger partial charge in [0.05, 0.1) is 5.75 Å². The van der Waals surface area contributed by atoms with E-state index >= 15 is 0 Å². The Morgan fingerprint density at radius 3 is 2.60 bits per heavy atom. The van der Waals surface area contributed by atoms with Crippen LogP contribution in [0.25, 0.3) is 0 Å². The lowest BCUT2D eigenvalue weighted by Gasteiger charge is -2.19. The van der Waals surface area contributed by atoms with Gasteiger partial charge in [0.1, 0.15) is 10.8 Å². The molecule has 0 aliphatic carbocycles. The monoisotopic (exact) mass is 310 g/mol. The number of halogens is 1. The van der Waals surface area contributed by atoms with E-state index < -0.39 is 0 Å². The topological polar surface area (TPSA) is 24.9 Å². The SMILES string of the molecule is CC(C)(C)NCc1cnc(CSc2ccc(F)cc2)s1. The molecule has 1 aromatic carbocycles. The average molecular weight is 310 g/mol. The molecule has 2 aromatic rings. The average Bonchev–Trinajstić information content (AvgIpc) is 2.83. The van der Waals surface area contributed by atoms with Crippen molar-refractivity contribution in [2.45, 2.75) is 43.5 Å². The van der Waals surface area contributed by atoms with Gasteiger partial charge in [0, 0.05) is 28.1 Å². The predicted molar refractivity (Wildman–Crippen MR) is 84.7 cm³/mol. The smallest absolute Gasteiger partial charge is 0.123 e. The summed E-state index contributed by atoms with van der Waals surface area (Å²) in [6.07, 6.45) is 1.93. The lowest BCUT2D eigenvalue weighted by molar-refractivity contribution is 0.426. The highest BCUT2D eigenvalue weighted by atomic mass is 32.2. The van der Waals surface area contributed by atoms with Crippen molar-refractivity contribution in [2.75, 3.05) is 0 Å². The molecule has 0 atom stereocenters. The van der Waals surface area contributed by atoms with Crippen LogP contribution in [0.5, 0.6) is 0 Å². The molecule has 0 amide bonds. The van der Waals surface area contributed by atoms with E-state index in [-0.39, 0.29) is 11.4 Å². The van der Waals surface area contributed by atoms with E-state index in [0.29, 0.717) is 0 Å². The molecule has 0 spiro atoms. The summed E-state index contributed by atoms with van der Waals surface area (Å²) in [5, 5.41) is 4.56. The molecule has 108 valence electrons. The largest absolute Gasteiger partial charge is 0.307 e. The molecule has 0 saturated heterocycles. The van der Waals surface area contributed by atoms with Crippen molar-refractivity contribution >= 4 is 23.1 Å². The fourth-order valence-corrected chi connectivity index (χ4v) is 3.29. The van der Waals surface area contributed by atoms with Crippen LogP contribution in [0.1, 0.15) is 30.7 Å². The summed E-state index contributed by atoms with van der Waals surface area (Å²) in [5.74, 6) is 0.630. The number of rotatable bonds is 5. The minimum Gasteiger partial charge on any atom is -0.307 e. The van der Waals surface area contributed by atoms with Crippen LogP contribution >= 0.6 is 23.1 Å². The van der Waals surface area contributed by atoms with Crippen LogP contribution < -0.4 is 5.32 Å². The summed E-state index contributed by atoms with van der Waals surface area (Å²) >= 11 is 3.41. The van der Waals surface area contributed by atoms with Crippen LogP contribution in [0, 0.1) is 5.82 Å². The molecule has 1 heterocycles. The molecule has 0 aliphatic rings. The predicted octanol–water partition coefficient (Wildman–Crippen LogP) is 4.46. The van der Waals surface area contributed by atoms with E-state index in [2.05, 4.69) is 31.1 Å². The Bertz CT molecular complexity index is 544. The fraction of sp³-hybridized carbons (Fsp3) is 0.400. The Balaban J connectivity index is 1.85. The van der Waals surface area contributed by atoms with Gasteiger partial charge in [-0.2, -0.15) is 0 Å². The van der Waals surface area contributed by atoms with Gasteiger partial charge in [-0.3, -0.25) is 0 Å². The van der Waals surface area contributed by atoms with Crippen molar-refractivity contribution in [3.63, 3.8) is 0 Å². The van der Waals surface area contributed by atoms with Crippen LogP contribution in [-0.4, -0.2) is 10.5 Å². The van der Waals surface area contributed by atoms with E-state index in [4.69, 9.17) is 0 Å². The van der Waals surface area contributed by atoms with Gasteiger partial charge in [-0.25, -0.2) is 9.37 Å². The van der Waals surface area contributed by atoms with Crippen molar-refractivity contribution in [3.8, 4) is 0 Å². The van der Waals surface area contributed by atoms with Gasteiger partial charge in [-0.1, -0.05) is 0 Å². The number of aromatic nitrogens is 1. The van der Waals surface area contributed by atoms with Crippen LogP contribution in [0.4, 0.5) is 4.39 Å². The Morgan fingerprint density at radius 1 is 1.25 bits per heavy atom. The number of nitrogens with one attached hydrogen (secondary N) is 1. The maximum atomic E-state index is 12.8. The number of thioether (sulfide) groups is 1. The lowest BCUT2D eigenvalue weighted by Crippen LogP contribution is -2.34. The van der Waals surface area contributed by atoms with Gasteiger partial charge in [0.15, 0.2) is 0 Å². The number of nitrogens with zero attached hydrogens (tertiary/aromatic N) is 1. The summed E-state index contributed by atoms with van der Waals surface area (Å²) in [6.45, 7) is 7.31. The maximum Gasteiger partial charge on any atom is 0.123 e. The number of benzene rings is 1. The van der Waals surface area contributed by atoms with E-state index in [1.165, 1.54) is 17.0 Å². The van der Waals surface area contributed by atoms with Gasteiger partial charge >= 0.3 is 0 Å². The summed E-state index contributed by atoms with van der Waals surface area (Å²) in [7, 11) is 0. The van der Waals surface area contributed by atoms with Crippen LogP contribution in [0.15, 0.2) is 35.4 Å². The first-order valence-electron chi connectivity index (χ1n) is 6.49. The molecule has 0 radical (unpaired) electrons. The normalized spacial score (nSPS) is 11.8. The molecule has 2 nitrogen and oxygen atoms in total. The summed E-state index contributed by atoms with van der Waals surface area (Å²) in [6, 6.07) is 6.58. The molecule has 20 heavy (non-hydrogen) atoms. The van der Waals surface area contributed by atoms with Crippen LogP contribution in [-0.2, 0) is 12.3 Å². The fourth-order valence-electron chi connectivity index (χ4n) is 1.52. The third-order valence-electron chi connectivity index (χ3n) is 2.57. The second-order valence-corrected chi connectivity index (χ2v) is 7.81. The zero-order chi connectivity index (χ0) is 14.6. The first kappa shape index (κ1) is 15.5. The third-order valence-corrected chi connectivity index (χ3v) is 4.77. The summed E-state index contributed by atoms with van der Waals surface area (Å²) in [5.41, 5.74) is 0.118. The zero-order valence-electron chi connectivity index (χ0n) is 11.9. The maximum absolute atomic E-state index is 12.8. The molecule has 0 saturated carbocycles. The van der Waals surface area contributed by atoms with Gasteiger partial charge in [0.2, 0.25) is 0 Å². The van der Waals surface area contributed by atoms with Crippen molar-refractivity contribution in [1.82, 2.24) is 10.3 Å². The van der Waals surface area contributed by atoms with Gasteiger partial charge in [-0.05, 0) is 45.0 Å². The number of thiazole rings is 1. The Hall–Kier alpha value is -0.910. The molecular formula is C15H19FN2S2. The Kier molecular flexibility index (Phi) is 5.18. The minimum atomic E-state index is -0.195. The van der Waals surface area contributed by atoms with Gasteiger partial charge in [0.25, 0.3) is 0 Å². The molecule has 5 heteroatoms. The van der Waals surface area contributed by atoms with Crippen LogP contribution in [0.2, 0.25) is 0 Å². The van der Waals surface area contributed by atoms with E-state index in [1.54, 1.807) is 35.2 Å². The second-order valence-electron chi connectivity index (χ2n) is 5.57. The Morgan fingerprint density at radius 2 is 1.95 bits per heavy atom. The second kappa shape index (κ2) is 6.70. The molecule has 1 N–H and O–H groups in total. The molecular weight excluding hydrogens is 291 g/mol. The standard InChI is InChI=1S/C15H19FN2S2/c1-15(2,3)18-9-13-8-17-14(20-13)10-19-12-6-4-11(16)5-7-12/h4-8,18H,9-10H2,1-3H3. The van der Waals surface area contributed by atoms with E-state index in [0.717, 1.165) is 22.2 Å². The number of hydrogen-bond acceptors (Lipinski definition) is 4. The molecule has 0 aliphatic heterocycles. The molecule has 0 unspecified atom stereocenters. The molecule has 0 bridgehead atoms. The van der Waals surface area contributed by atoms with Crippen LogP contribution in [0.3, 0.4) is 0 Å². The Labute approximate surface area is 127 Å². The molecule has 1 aromatic heterocycles. The van der Waals surface area contributed by atoms with Crippen molar-refractivity contribution in [2.24, 2.45) is 0 Å². The van der Waals surface area contributed by atoms with Gasteiger partial charge in [-0.15, -0.1) is 23.1 Å². The third kappa shape index (κ3) is 5.23. The highest BCUT2D eigenvalue weighted by molar-refractivity contribution is 7.98.